The van der Waals surface area contributed by atoms with Crippen molar-refractivity contribution in [1.82, 2.24) is 19.8 Å². The lowest BCUT2D eigenvalue weighted by Crippen LogP contribution is -2.35. The summed E-state index contributed by atoms with van der Waals surface area (Å²) < 4.78 is 1.84. The van der Waals surface area contributed by atoms with Gasteiger partial charge in [-0.3, -0.25) is 19.1 Å². The van der Waals surface area contributed by atoms with Crippen LogP contribution in [0.15, 0.2) is 4.79 Å². The number of aromatic nitrogens is 2. The number of hydrogen-bond donors (Lipinski definition) is 1. The van der Waals surface area contributed by atoms with Crippen LogP contribution in [0.4, 0.5) is 0 Å². The van der Waals surface area contributed by atoms with Crippen molar-refractivity contribution in [2.45, 2.75) is 77.9 Å². The van der Waals surface area contributed by atoms with Gasteiger partial charge in [-0.2, -0.15) is 0 Å². The van der Waals surface area contributed by atoms with Gasteiger partial charge in [-0.1, -0.05) is 19.8 Å². The molecule has 1 aliphatic heterocycles. The van der Waals surface area contributed by atoms with E-state index in [0.29, 0.717) is 27.7 Å². The summed E-state index contributed by atoms with van der Waals surface area (Å²) >= 11 is 1.37. The molecule has 1 atom stereocenters. The van der Waals surface area contributed by atoms with Crippen LogP contribution >= 0.6 is 11.3 Å². The predicted molar refractivity (Wildman–Crippen MR) is 113 cm³/mol. The highest BCUT2D eigenvalue weighted by atomic mass is 32.1. The maximum Gasteiger partial charge on any atom is 0.262 e. The molecule has 2 aromatic rings. The summed E-state index contributed by atoms with van der Waals surface area (Å²) in [7, 11) is 0. The third-order valence-electron chi connectivity index (χ3n) is 6.47. The molecule has 6 nitrogen and oxygen atoms in total. The predicted octanol–water partition coefficient (Wildman–Crippen LogP) is 3.10. The van der Waals surface area contributed by atoms with Crippen molar-refractivity contribution in [3.63, 3.8) is 0 Å². The van der Waals surface area contributed by atoms with E-state index in [9.17, 15) is 9.59 Å². The van der Waals surface area contributed by atoms with E-state index < -0.39 is 0 Å². The number of thiophene rings is 1. The Morgan fingerprint density at radius 1 is 1.29 bits per heavy atom. The van der Waals surface area contributed by atoms with Gasteiger partial charge in [0.25, 0.3) is 11.5 Å². The topological polar surface area (TPSA) is 67.2 Å². The number of nitrogens with zero attached hydrogens (tertiary/aromatic N) is 3. The molecule has 0 spiro atoms. The molecule has 3 heterocycles. The lowest BCUT2D eigenvalue weighted by atomic mass is 10.2. The number of carbonyl (C=O) groups is 1. The average molecular weight is 403 g/mol. The number of nitrogens with one attached hydrogen (secondary N) is 1. The van der Waals surface area contributed by atoms with Crippen molar-refractivity contribution < 1.29 is 4.79 Å². The third-order valence-corrected chi connectivity index (χ3v) is 7.66. The van der Waals surface area contributed by atoms with E-state index in [2.05, 4.69) is 24.1 Å². The lowest BCUT2D eigenvalue weighted by molar-refractivity contribution is 0.0941. The molecule has 1 saturated carbocycles. The summed E-state index contributed by atoms with van der Waals surface area (Å²) in [4.78, 5) is 34.7. The van der Waals surface area contributed by atoms with Gasteiger partial charge < -0.3 is 5.32 Å². The quantitative estimate of drug-likeness (QED) is 0.853. The molecule has 1 amide bonds. The molecule has 0 unspecified atom stereocenters. The molecule has 4 rings (SSSR count). The molecule has 1 aliphatic carbocycles. The second kappa shape index (κ2) is 7.95. The fourth-order valence-electron chi connectivity index (χ4n) is 4.50. The van der Waals surface area contributed by atoms with Crippen LogP contribution in [0.25, 0.3) is 10.2 Å². The van der Waals surface area contributed by atoms with Gasteiger partial charge in [0.2, 0.25) is 0 Å². The summed E-state index contributed by atoms with van der Waals surface area (Å²) in [6.07, 6.45) is 6.34. The summed E-state index contributed by atoms with van der Waals surface area (Å²) in [5.41, 5.74) is 0.797. The van der Waals surface area contributed by atoms with Crippen molar-refractivity contribution in [1.29, 1.82) is 0 Å². The molecule has 2 aromatic heterocycles. The summed E-state index contributed by atoms with van der Waals surface area (Å²) in [6, 6.07) is 0.785. The number of aryl methyl sites for hydroxylation is 1. The smallest absolute Gasteiger partial charge is 0.262 e. The minimum absolute atomic E-state index is 0.0136. The van der Waals surface area contributed by atoms with Crippen LogP contribution in [-0.4, -0.2) is 45.5 Å². The Labute approximate surface area is 169 Å². The largest absolute Gasteiger partial charge is 0.349 e. The molecule has 152 valence electrons. The zero-order chi connectivity index (χ0) is 19.8. The first kappa shape index (κ1) is 19.6. The molecule has 1 N–H and O–H groups in total. The minimum Gasteiger partial charge on any atom is -0.349 e. The van der Waals surface area contributed by atoms with Crippen LogP contribution in [0, 0.1) is 6.92 Å². The Morgan fingerprint density at radius 3 is 2.75 bits per heavy atom. The molecular weight excluding hydrogens is 372 g/mol. The first-order valence-corrected chi connectivity index (χ1v) is 11.4. The van der Waals surface area contributed by atoms with E-state index in [1.54, 1.807) is 0 Å². The molecular formula is C21H30N4O2S. The van der Waals surface area contributed by atoms with Crippen molar-refractivity contribution in [3.8, 4) is 0 Å². The molecule has 0 bridgehead atoms. The first-order valence-electron chi connectivity index (χ1n) is 10.6. The molecule has 7 heteroatoms. The fraction of sp³-hybridized carbons (Fsp3) is 0.667. The summed E-state index contributed by atoms with van der Waals surface area (Å²) in [5, 5.41) is 3.78. The van der Waals surface area contributed by atoms with Gasteiger partial charge in [-0.15, -0.1) is 11.3 Å². The van der Waals surface area contributed by atoms with E-state index in [-0.39, 0.29) is 17.5 Å². The van der Waals surface area contributed by atoms with Gasteiger partial charge in [-0.25, -0.2) is 4.98 Å². The monoisotopic (exact) mass is 402 g/mol. The molecule has 28 heavy (non-hydrogen) atoms. The van der Waals surface area contributed by atoms with E-state index >= 15 is 0 Å². The van der Waals surface area contributed by atoms with E-state index in [1.165, 1.54) is 24.2 Å². The summed E-state index contributed by atoms with van der Waals surface area (Å²) in [6.45, 7) is 8.79. The standard InChI is InChI=1S/C21H30N4O2S/c1-4-13(2)24-10-9-16-23-20-17(21(27)25(16)12-11-24)14(3)18(28-20)19(26)22-15-7-5-6-8-15/h13,15H,4-12H2,1-3H3,(H,22,26)/t13-/m0/s1. The van der Waals surface area contributed by atoms with Crippen LogP contribution in [0.1, 0.15) is 67.0 Å². The number of carbonyl (C=O) groups excluding carboxylic acids is 1. The van der Waals surface area contributed by atoms with Crippen LogP contribution in [-0.2, 0) is 13.0 Å². The van der Waals surface area contributed by atoms with Crippen LogP contribution in [0.3, 0.4) is 0 Å². The van der Waals surface area contributed by atoms with Crippen LogP contribution in [0.2, 0.25) is 0 Å². The second-order valence-electron chi connectivity index (χ2n) is 8.22. The number of fused-ring (bicyclic) bond motifs is 2. The molecule has 0 aromatic carbocycles. The number of rotatable bonds is 4. The Balaban J connectivity index is 1.66. The highest BCUT2D eigenvalue weighted by Crippen LogP contribution is 2.29. The van der Waals surface area contributed by atoms with Gasteiger partial charge in [0.1, 0.15) is 10.7 Å². The Kier molecular flexibility index (Phi) is 5.56. The third kappa shape index (κ3) is 3.50. The van der Waals surface area contributed by atoms with Crippen molar-refractivity contribution in [2.75, 3.05) is 13.1 Å². The van der Waals surface area contributed by atoms with Gasteiger partial charge >= 0.3 is 0 Å². The zero-order valence-corrected chi connectivity index (χ0v) is 17.9. The van der Waals surface area contributed by atoms with Gasteiger partial charge in [0, 0.05) is 38.1 Å². The molecule has 0 radical (unpaired) electrons. The second-order valence-corrected chi connectivity index (χ2v) is 9.22. The fourth-order valence-corrected chi connectivity index (χ4v) is 5.59. The van der Waals surface area contributed by atoms with Gasteiger partial charge in [-0.05, 0) is 38.7 Å². The highest BCUT2D eigenvalue weighted by molar-refractivity contribution is 7.20. The number of hydrogen-bond acceptors (Lipinski definition) is 5. The first-order chi connectivity index (χ1) is 13.5. The normalized spacial score (nSPS) is 19.5. The SMILES string of the molecule is CC[C@H](C)N1CCc2nc3sc(C(=O)NC4CCCC4)c(C)c3c(=O)n2CC1. The summed E-state index contributed by atoms with van der Waals surface area (Å²) in [5.74, 6) is 0.808. The van der Waals surface area contributed by atoms with Crippen molar-refractivity contribution >= 4 is 27.5 Å². The van der Waals surface area contributed by atoms with E-state index in [1.807, 2.05) is 11.5 Å². The Hall–Kier alpha value is -1.73. The van der Waals surface area contributed by atoms with Crippen LogP contribution in [0.5, 0.6) is 0 Å². The number of amides is 1. The maximum atomic E-state index is 13.3. The minimum atomic E-state index is -0.0464. The Morgan fingerprint density at radius 2 is 2.04 bits per heavy atom. The Bertz CT molecular complexity index is 942. The van der Waals surface area contributed by atoms with Crippen molar-refractivity contribution in [2.24, 2.45) is 0 Å². The zero-order valence-electron chi connectivity index (χ0n) is 17.1. The van der Waals surface area contributed by atoms with Gasteiger partial charge in [0.05, 0.1) is 10.3 Å². The van der Waals surface area contributed by atoms with Crippen molar-refractivity contribution in [3.05, 3.63) is 26.6 Å². The average Bonchev–Trinajstić information content (AvgIpc) is 3.24. The van der Waals surface area contributed by atoms with E-state index in [0.717, 1.165) is 50.2 Å². The van der Waals surface area contributed by atoms with Gasteiger partial charge in [0.15, 0.2) is 0 Å². The van der Waals surface area contributed by atoms with Crippen LogP contribution < -0.4 is 10.9 Å². The highest BCUT2D eigenvalue weighted by Gasteiger charge is 2.26. The van der Waals surface area contributed by atoms with E-state index in [4.69, 9.17) is 4.98 Å². The molecule has 0 saturated heterocycles. The maximum absolute atomic E-state index is 13.3. The lowest BCUT2D eigenvalue weighted by Gasteiger charge is -2.25. The molecule has 2 aliphatic rings. The molecule has 1 fully saturated rings.